The fourth-order valence-corrected chi connectivity index (χ4v) is 2.73. The van der Waals surface area contributed by atoms with Crippen molar-refractivity contribution in [1.29, 1.82) is 0 Å². The van der Waals surface area contributed by atoms with Crippen LogP contribution in [-0.4, -0.2) is 46.9 Å². The van der Waals surface area contributed by atoms with Crippen molar-refractivity contribution in [3.63, 3.8) is 0 Å². The second-order valence-electron chi connectivity index (χ2n) is 7.73. The van der Waals surface area contributed by atoms with Gasteiger partial charge in [0.25, 0.3) is 0 Å². The monoisotopic (exact) mass is 498 g/mol. The maximum atomic E-state index is 5.97. The lowest BCUT2D eigenvalue weighted by molar-refractivity contribution is 0.279. The lowest BCUT2D eigenvalue weighted by atomic mass is 10.2. The van der Waals surface area contributed by atoms with Crippen LogP contribution in [0.4, 0.5) is 0 Å². The topological polar surface area (TPSA) is 121 Å². The number of ether oxygens (including phenoxy) is 2. The number of unbranched alkanes of at least 4 members (excludes halogenated alkanes) is 2. The predicted molar refractivity (Wildman–Crippen MR) is 140 cm³/mol. The van der Waals surface area contributed by atoms with E-state index in [2.05, 4.69) is 20.0 Å². The summed E-state index contributed by atoms with van der Waals surface area (Å²) in [5.74, 6) is 2.34. The van der Waals surface area contributed by atoms with Crippen LogP contribution in [0.1, 0.15) is 58.3 Å². The van der Waals surface area contributed by atoms with Crippen LogP contribution in [0, 0.1) is 0 Å². The highest BCUT2D eigenvalue weighted by atomic mass is 35.5. The second-order valence-corrected chi connectivity index (χ2v) is 7.73. The Morgan fingerprint density at radius 1 is 0.758 bits per heavy atom. The molecule has 0 saturated carbocycles. The zero-order valence-corrected chi connectivity index (χ0v) is 21.4. The average molecular weight is 499 g/mol. The molecule has 33 heavy (non-hydrogen) atoms. The summed E-state index contributed by atoms with van der Waals surface area (Å²) in [4.78, 5) is 17.1. The number of nitrogens with two attached hydrogens (primary N) is 2. The first-order chi connectivity index (χ1) is 14.8. The molecule has 184 valence electrons. The van der Waals surface area contributed by atoms with Crippen molar-refractivity contribution in [3.8, 4) is 11.5 Å². The molecule has 0 bridgehead atoms. The molecule has 0 aromatic carbocycles. The number of aliphatic imine (C=N–C) groups is 2. The molecule has 0 atom stereocenters. The Hall–Kier alpha value is -2.58. The number of halogens is 2. The van der Waals surface area contributed by atoms with Gasteiger partial charge in [0.05, 0.1) is 13.2 Å². The van der Waals surface area contributed by atoms with Crippen molar-refractivity contribution >= 4 is 36.5 Å². The van der Waals surface area contributed by atoms with Crippen molar-refractivity contribution in [1.82, 2.24) is 9.97 Å². The van der Waals surface area contributed by atoms with Crippen LogP contribution >= 0.6 is 24.8 Å². The van der Waals surface area contributed by atoms with Gasteiger partial charge in [0, 0.05) is 36.6 Å². The minimum atomic E-state index is 0. The number of hydrogen-bond donors (Lipinski definition) is 2. The molecular weight excluding hydrogens is 463 g/mol. The van der Waals surface area contributed by atoms with Gasteiger partial charge in [-0.15, -0.1) is 24.8 Å². The molecule has 0 aliphatic rings. The van der Waals surface area contributed by atoms with E-state index in [-0.39, 0.29) is 36.9 Å². The van der Waals surface area contributed by atoms with E-state index in [0.717, 1.165) is 30.8 Å². The Kier molecular flexibility index (Phi) is 14.8. The van der Waals surface area contributed by atoms with Crippen LogP contribution in [-0.2, 0) is 0 Å². The van der Waals surface area contributed by atoms with Crippen molar-refractivity contribution in [2.45, 2.75) is 59.0 Å². The highest BCUT2D eigenvalue weighted by Gasteiger charge is 2.05. The number of hydrogen-bond acceptors (Lipinski definition) is 6. The lowest BCUT2D eigenvalue weighted by Crippen LogP contribution is -2.17. The van der Waals surface area contributed by atoms with Crippen molar-refractivity contribution in [3.05, 3.63) is 48.0 Å². The Morgan fingerprint density at radius 2 is 1.15 bits per heavy atom. The Bertz CT molecular complexity index is 819. The van der Waals surface area contributed by atoms with Gasteiger partial charge in [0.15, 0.2) is 0 Å². The van der Waals surface area contributed by atoms with E-state index in [1.807, 2.05) is 52.0 Å². The minimum Gasteiger partial charge on any atom is -0.493 e. The third-order valence-corrected chi connectivity index (χ3v) is 4.11. The van der Waals surface area contributed by atoms with Gasteiger partial charge in [-0.05, 0) is 59.1 Å². The van der Waals surface area contributed by atoms with Gasteiger partial charge in [-0.25, -0.2) is 0 Å². The Labute approximate surface area is 209 Å². The molecule has 2 aromatic heterocycles. The predicted octanol–water partition coefficient (Wildman–Crippen LogP) is 4.18. The van der Waals surface area contributed by atoms with E-state index in [1.54, 1.807) is 12.4 Å². The number of pyridine rings is 2. The van der Waals surface area contributed by atoms with Gasteiger partial charge >= 0.3 is 0 Å². The molecule has 0 fully saturated rings. The van der Waals surface area contributed by atoms with E-state index in [9.17, 15) is 0 Å². The van der Waals surface area contributed by atoms with Gasteiger partial charge in [-0.1, -0.05) is 0 Å². The van der Waals surface area contributed by atoms with Crippen LogP contribution in [0.25, 0.3) is 0 Å². The molecule has 0 saturated heterocycles. The van der Waals surface area contributed by atoms with Crippen LogP contribution in [0.3, 0.4) is 0 Å². The molecular formula is C23H36Cl2N6O2. The third kappa shape index (κ3) is 11.7. The fraction of sp³-hybridized carbons (Fsp3) is 0.478. The van der Waals surface area contributed by atoms with Crippen LogP contribution in [0.2, 0.25) is 0 Å². The number of aromatic nitrogens is 2. The SMILES string of the molecule is CC(C)N=C(N)c1cc(OCCCCCOc2ccnc(C(N)=NC(C)C)c2)ccn1.Cl.Cl. The highest BCUT2D eigenvalue weighted by molar-refractivity contribution is 5.96. The van der Waals surface area contributed by atoms with Crippen LogP contribution < -0.4 is 20.9 Å². The molecule has 0 amide bonds. The van der Waals surface area contributed by atoms with Gasteiger partial charge in [-0.3, -0.25) is 20.0 Å². The van der Waals surface area contributed by atoms with E-state index in [0.29, 0.717) is 36.3 Å². The molecule has 0 unspecified atom stereocenters. The number of amidine groups is 2. The molecule has 4 N–H and O–H groups in total. The molecule has 0 spiro atoms. The smallest absolute Gasteiger partial charge is 0.145 e. The van der Waals surface area contributed by atoms with Crippen LogP contribution in [0.15, 0.2) is 46.6 Å². The van der Waals surface area contributed by atoms with Gasteiger partial charge in [0.2, 0.25) is 0 Å². The van der Waals surface area contributed by atoms with Crippen LogP contribution in [0.5, 0.6) is 11.5 Å². The first-order valence-electron chi connectivity index (χ1n) is 10.7. The molecule has 0 radical (unpaired) electrons. The van der Waals surface area contributed by atoms with Gasteiger partial charge < -0.3 is 20.9 Å². The molecule has 10 heteroatoms. The third-order valence-electron chi connectivity index (χ3n) is 4.11. The lowest BCUT2D eigenvalue weighted by Gasteiger charge is -2.09. The molecule has 2 aromatic rings. The average Bonchev–Trinajstić information content (AvgIpc) is 2.72. The number of rotatable bonds is 12. The first kappa shape index (κ1) is 30.4. The zero-order chi connectivity index (χ0) is 22.6. The molecule has 0 aliphatic heterocycles. The summed E-state index contributed by atoms with van der Waals surface area (Å²) >= 11 is 0. The standard InChI is InChI=1S/C23H34N6O2.2ClH/c1-16(2)28-22(24)20-14-18(8-10-26-20)30-12-6-5-7-13-31-19-9-11-27-21(15-19)23(25)29-17(3)4;;/h8-11,14-17H,5-7,12-13H2,1-4H3,(H2,24,28)(H2,25,29);2*1H. The first-order valence-corrected chi connectivity index (χ1v) is 10.7. The summed E-state index contributed by atoms with van der Waals surface area (Å²) in [6, 6.07) is 7.53. The largest absolute Gasteiger partial charge is 0.493 e. The summed E-state index contributed by atoms with van der Waals surface area (Å²) in [7, 11) is 0. The maximum absolute atomic E-state index is 5.97. The Morgan fingerprint density at radius 3 is 1.52 bits per heavy atom. The van der Waals surface area contributed by atoms with E-state index < -0.39 is 0 Å². The van der Waals surface area contributed by atoms with Crippen molar-refractivity contribution in [2.24, 2.45) is 21.5 Å². The van der Waals surface area contributed by atoms with E-state index >= 15 is 0 Å². The molecule has 0 aliphatic carbocycles. The summed E-state index contributed by atoms with van der Waals surface area (Å²) < 4.78 is 11.6. The molecule has 2 heterocycles. The van der Waals surface area contributed by atoms with Gasteiger partial charge in [-0.2, -0.15) is 0 Å². The zero-order valence-electron chi connectivity index (χ0n) is 19.7. The second kappa shape index (κ2) is 16.1. The van der Waals surface area contributed by atoms with E-state index in [4.69, 9.17) is 20.9 Å². The highest BCUT2D eigenvalue weighted by Crippen LogP contribution is 2.14. The molecule has 2 rings (SSSR count). The van der Waals surface area contributed by atoms with Crippen molar-refractivity contribution in [2.75, 3.05) is 13.2 Å². The van der Waals surface area contributed by atoms with Gasteiger partial charge in [0.1, 0.15) is 34.6 Å². The normalized spacial score (nSPS) is 11.7. The molecule has 8 nitrogen and oxygen atoms in total. The Balaban J connectivity index is 0.00000512. The number of nitrogens with zero attached hydrogens (tertiary/aromatic N) is 4. The van der Waals surface area contributed by atoms with Crippen molar-refractivity contribution < 1.29 is 9.47 Å². The van der Waals surface area contributed by atoms with E-state index in [1.165, 1.54) is 0 Å². The fourth-order valence-electron chi connectivity index (χ4n) is 2.73. The quantitative estimate of drug-likeness (QED) is 0.257. The summed E-state index contributed by atoms with van der Waals surface area (Å²) in [5, 5.41) is 0. The summed E-state index contributed by atoms with van der Waals surface area (Å²) in [6.07, 6.45) is 6.20. The summed E-state index contributed by atoms with van der Waals surface area (Å²) in [6.45, 7) is 9.13. The summed E-state index contributed by atoms with van der Waals surface area (Å²) in [5.41, 5.74) is 13.2. The minimum absolute atomic E-state index is 0. The maximum Gasteiger partial charge on any atom is 0.145 e.